The fourth-order valence-electron chi connectivity index (χ4n) is 1.41. The molecule has 0 N–H and O–H groups in total. The lowest BCUT2D eigenvalue weighted by Gasteiger charge is -2.02. The maximum Gasteiger partial charge on any atom is 0.123 e. The summed E-state index contributed by atoms with van der Waals surface area (Å²) in [7, 11) is 0. The highest BCUT2D eigenvalue weighted by molar-refractivity contribution is 7.15. The fraction of sp³-hybridized carbons (Fsp3) is 0.273. The molecule has 2 heterocycles. The van der Waals surface area contributed by atoms with Gasteiger partial charge in [-0.15, -0.1) is 22.9 Å². The number of alkyl halides is 1. The van der Waals surface area contributed by atoms with E-state index in [0.29, 0.717) is 5.88 Å². The third kappa shape index (κ3) is 2.19. The lowest BCUT2D eigenvalue weighted by atomic mass is 10.1. The van der Waals surface area contributed by atoms with Gasteiger partial charge in [-0.1, -0.05) is 6.92 Å². The van der Waals surface area contributed by atoms with Gasteiger partial charge < -0.3 is 0 Å². The van der Waals surface area contributed by atoms with Gasteiger partial charge >= 0.3 is 0 Å². The van der Waals surface area contributed by atoms with Gasteiger partial charge in [0.2, 0.25) is 0 Å². The van der Waals surface area contributed by atoms with Gasteiger partial charge in [0, 0.05) is 29.0 Å². The molecule has 0 aromatic carbocycles. The number of hydrogen-bond acceptors (Lipinski definition) is 3. The molecule has 0 aliphatic carbocycles. The van der Waals surface area contributed by atoms with Crippen molar-refractivity contribution in [3.8, 4) is 10.6 Å². The molecule has 0 aliphatic heterocycles. The van der Waals surface area contributed by atoms with E-state index in [1.54, 1.807) is 17.5 Å². The normalized spacial score (nSPS) is 10.5. The van der Waals surface area contributed by atoms with Gasteiger partial charge in [-0.25, -0.2) is 4.98 Å². The van der Waals surface area contributed by atoms with Crippen LogP contribution in [0.5, 0.6) is 0 Å². The third-order valence-corrected chi connectivity index (χ3v) is 3.68. The maximum atomic E-state index is 5.76. The topological polar surface area (TPSA) is 25.8 Å². The summed E-state index contributed by atoms with van der Waals surface area (Å²) in [5.41, 5.74) is 2.40. The van der Waals surface area contributed by atoms with Crippen molar-refractivity contribution in [2.75, 3.05) is 0 Å². The van der Waals surface area contributed by atoms with Crippen LogP contribution in [0.1, 0.15) is 17.4 Å². The first-order valence-electron chi connectivity index (χ1n) is 4.79. The van der Waals surface area contributed by atoms with E-state index in [0.717, 1.165) is 16.3 Å². The zero-order valence-corrected chi connectivity index (χ0v) is 9.98. The van der Waals surface area contributed by atoms with Crippen LogP contribution in [0.4, 0.5) is 0 Å². The lowest BCUT2D eigenvalue weighted by Crippen LogP contribution is -1.87. The first kappa shape index (κ1) is 10.6. The van der Waals surface area contributed by atoms with Crippen molar-refractivity contribution >= 4 is 22.9 Å². The minimum Gasteiger partial charge on any atom is -0.264 e. The second-order valence-electron chi connectivity index (χ2n) is 3.15. The molecule has 4 heteroatoms. The quantitative estimate of drug-likeness (QED) is 0.765. The molecule has 0 radical (unpaired) electrons. The Balaban J connectivity index is 2.44. The Kier molecular flexibility index (Phi) is 3.34. The largest absolute Gasteiger partial charge is 0.264 e. The zero-order chi connectivity index (χ0) is 10.7. The molecule has 2 nitrogen and oxygen atoms in total. The van der Waals surface area contributed by atoms with Gasteiger partial charge in [0.05, 0.1) is 5.88 Å². The third-order valence-electron chi connectivity index (χ3n) is 2.20. The first-order valence-corrected chi connectivity index (χ1v) is 6.14. The van der Waals surface area contributed by atoms with Gasteiger partial charge in [0.25, 0.3) is 0 Å². The number of nitrogens with zero attached hydrogens (tertiary/aromatic N) is 2. The predicted octanol–water partition coefficient (Wildman–Crippen LogP) is 3.51. The molecule has 0 bridgehead atoms. The summed E-state index contributed by atoms with van der Waals surface area (Å²) >= 11 is 7.40. The molecule has 0 unspecified atom stereocenters. The molecule has 0 saturated carbocycles. The summed E-state index contributed by atoms with van der Waals surface area (Å²) in [4.78, 5) is 9.59. The molecule has 15 heavy (non-hydrogen) atoms. The van der Waals surface area contributed by atoms with Gasteiger partial charge in [0.1, 0.15) is 5.01 Å². The van der Waals surface area contributed by atoms with E-state index < -0.39 is 0 Å². The van der Waals surface area contributed by atoms with E-state index in [1.807, 2.05) is 18.5 Å². The summed E-state index contributed by atoms with van der Waals surface area (Å²) in [6.07, 6.45) is 6.51. The van der Waals surface area contributed by atoms with Crippen LogP contribution in [0, 0.1) is 0 Å². The summed E-state index contributed by atoms with van der Waals surface area (Å²) in [6.45, 7) is 2.12. The van der Waals surface area contributed by atoms with Crippen molar-refractivity contribution in [2.45, 2.75) is 19.2 Å². The Morgan fingerprint density at radius 1 is 1.40 bits per heavy atom. The van der Waals surface area contributed by atoms with Crippen molar-refractivity contribution in [1.82, 2.24) is 9.97 Å². The molecular formula is C11H11ClN2S. The molecule has 2 aromatic heterocycles. The Hall–Kier alpha value is -0.930. The van der Waals surface area contributed by atoms with E-state index in [1.165, 1.54) is 11.1 Å². The number of rotatable bonds is 3. The van der Waals surface area contributed by atoms with Gasteiger partial charge in [-0.05, 0) is 18.1 Å². The Bertz CT molecular complexity index is 453. The average Bonchev–Trinajstić information content (AvgIpc) is 2.77. The molecular weight excluding hydrogens is 228 g/mol. The van der Waals surface area contributed by atoms with Crippen LogP contribution in [0.3, 0.4) is 0 Å². The number of aryl methyl sites for hydroxylation is 1. The van der Waals surface area contributed by atoms with E-state index in [2.05, 4.69) is 16.9 Å². The highest BCUT2D eigenvalue weighted by Crippen LogP contribution is 2.28. The maximum absolute atomic E-state index is 5.76. The van der Waals surface area contributed by atoms with E-state index in [9.17, 15) is 0 Å². The molecule has 0 amide bonds. The smallest absolute Gasteiger partial charge is 0.123 e. The van der Waals surface area contributed by atoms with Crippen LogP contribution in [0.25, 0.3) is 10.6 Å². The zero-order valence-electron chi connectivity index (χ0n) is 8.40. The van der Waals surface area contributed by atoms with Crippen LogP contribution in [0.15, 0.2) is 24.7 Å². The Morgan fingerprint density at radius 3 is 2.93 bits per heavy atom. The predicted molar refractivity (Wildman–Crippen MR) is 64.3 cm³/mol. The number of pyridine rings is 1. The van der Waals surface area contributed by atoms with Crippen molar-refractivity contribution in [3.05, 3.63) is 35.1 Å². The minimum atomic E-state index is 0.532. The fourth-order valence-corrected chi connectivity index (χ4v) is 2.47. The summed E-state index contributed by atoms with van der Waals surface area (Å²) in [6, 6.07) is 2.01. The van der Waals surface area contributed by atoms with Crippen molar-refractivity contribution in [3.63, 3.8) is 0 Å². The van der Waals surface area contributed by atoms with E-state index >= 15 is 0 Å². The number of aromatic nitrogens is 2. The minimum absolute atomic E-state index is 0.532. The molecule has 0 spiro atoms. The van der Waals surface area contributed by atoms with Crippen LogP contribution in [0.2, 0.25) is 0 Å². The molecule has 0 saturated heterocycles. The Labute approximate surface area is 98.0 Å². The monoisotopic (exact) mass is 238 g/mol. The molecule has 0 atom stereocenters. The molecule has 2 aromatic rings. The van der Waals surface area contributed by atoms with Crippen LogP contribution in [-0.4, -0.2) is 9.97 Å². The highest BCUT2D eigenvalue weighted by atomic mass is 35.5. The van der Waals surface area contributed by atoms with Gasteiger partial charge in [-0.2, -0.15) is 0 Å². The summed E-state index contributed by atoms with van der Waals surface area (Å²) in [5, 5.41) is 1.03. The summed E-state index contributed by atoms with van der Waals surface area (Å²) in [5.74, 6) is 0.532. The van der Waals surface area contributed by atoms with Crippen molar-refractivity contribution in [2.24, 2.45) is 0 Å². The Morgan fingerprint density at radius 2 is 2.27 bits per heavy atom. The summed E-state index contributed by atoms with van der Waals surface area (Å²) < 4.78 is 0. The number of thiazole rings is 1. The van der Waals surface area contributed by atoms with Crippen molar-refractivity contribution in [1.29, 1.82) is 0 Å². The van der Waals surface area contributed by atoms with Crippen LogP contribution < -0.4 is 0 Å². The second-order valence-corrected chi connectivity index (χ2v) is 4.53. The second kappa shape index (κ2) is 4.73. The SMILES string of the molecule is CCc1cnccc1-c1ncc(CCl)s1. The standard InChI is InChI=1S/C11H11ClN2S/c1-2-8-6-13-4-3-10(8)11-14-7-9(5-12)15-11/h3-4,6-7H,2,5H2,1H3. The first-order chi connectivity index (χ1) is 7.35. The van der Waals surface area contributed by atoms with E-state index in [4.69, 9.17) is 11.6 Å². The van der Waals surface area contributed by atoms with Gasteiger partial charge in [-0.3, -0.25) is 4.98 Å². The van der Waals surface area contributed by atoms with Crippen LogP contribution in [-0.2, 0) is 12.3 Å². The van der Waals surface area contributed by atoms with Crippen molar-refractivity contribution < 1.29 is 0 Å². The highest BCUT2D eigenvalue weighted by Gasteiger charge is 2.07. The van der Waals surface area contributed by atoms with Gasteiger partial charge in [0.15, 0.2) is 0 Å². The molecule has 2 rings (SSSR count). The lowest BCUT2D eigenvalue weighted by molar-refractivity contribution is 1.10. The molecule has 78 valence electrons. The van der Waals surface area contributed by atoms with E-state index in [-0.39, 0.29) is 0 Å². The number of hydrogen-bond donors (Lipinski definition) is 0. The van der Waals surface area contributed by atoms with Crippen LogP contribution >= 0.6 is 22.9 Å². The molecule has 0 fully saturated rings. The average molecular weight is 239 g/mol. The number of halogens is 1. The molecule has 0 aliphatic rings.